The van der Waals surface area contributed by atoms with Crippen molar-refractivity contribution in [3.05, 3.63) is 42.0 Å². The van der Waals surface area contributed by atoms with Gasteiger partial charge in [-0.15, -0.1) is 0 Å². The van der Waals surface area contributed by atoms with Crippen molar-refractivity contribution in [3.8, 4) is 0 Å². The Bertz CT molecular complexity index is 751. The van der Waals surface area contributed by atoms with Gasteiger partial charge in [0.15, 0.2) is 0 Å². The lowest BCUT2D eigenvalue weighted by Crippen LogP contribution is -2.47. The van der Waals surface area contributed by atoms with E-state index in [2.05, 4.69) is 17.5 Å². The lowest BCUT2D eigenvalue weighted by Gasteiger charge is -2.38. The van der Waals surface area contributed by atoms with E-state index in [9.17, 15) is 14.4 Å². The van der Waals surface area contributed by atoms with E-state index in [4.69, 9.17) is 0 Å². The lowest BCUT2D eigenvalue weighted by molar-refractivity contribution is -0.146. The zero-order valence-electron chi connectivity index (χ0n) is 15.1. The van der Waals surface area contributed by atoms with Crippen molar-refractivity contribution in [2.75, 3.05) is 5.32 Å². The number of allylic oxidation sites excluding steroid dienone is 2. The van der Waals surface area contributed by atoms with Gasteiger partial charge in [-0.1, -0.05) is 36.8 Å². The summed E-state index contributed by atoms with van der Waals surface area (Å²) in [5.41, 5.74) is 1.78. The van der Waals surface area contributed by atoms with Crippen LogP contribution in [0.3, 0.4) is 0 Å². The summed E-state index contributed by atoms with van der Waals surface area (Å²) >= 11 is 0. The van der Waals surface area contributed by atoms with E-state index < -0.39 is 6.04 Å². The minimum Gasteiger partial charge on any atom is -0.324 e. The maximum atomic E-state index is 13.0. The topological polar surface area (TPSA) is 66.5 Å². The molecule has 1 heterocycles. The zero-order chi connectivity index (χ0) is 18.4. The van der Waals surface area contributed by atoms with Crippen LogP contribution in [0.25, 0.3) is 0 Å². The fourth-order valence-electron chi connectivity index (χ4n) is 4.75. The molecule has 0 spiro atoms. The second-order valence-corrected chi connectivity index (χ2v) is 7.67. The maximum Gasteiger partial charge on any atom is 0.247 e. The van der Waals surface area contributed by atoms with Crippen LogP contribution in [0.5, 0.6) is 0 Å². The molecular formula is C21H24N2O3. The molecule has 2 fully saturated rings. The number of aryl methyl sites for hydroxylation is 1. The molecule has 5 unspecified atom stereocenters. The summed E-state index contributed by atoms with van der Waals surface area (Å²) in [4.78, 5) is 40.1. The fourth-order valence-corrected chi connectivity index (χ4v) is 4.75. The molecule has 5 nitrogen and oxygen atoms in total. The maximum absolute atomic E-state index is 13.0. The van der Waals surface area contributed by atoms with E-state index in [1.165, 1.54) is 4.90 Å². The van der Waals surface area contributed by atoms with Crippen LogP contribution < -0.4 is 5.32 Å². The first-order valence-corrected chi connectivity index (χ1v) is 9.44. The van der Waals surface area contributed by atoms with Crippen LogP contribution in [-0.2, 0) is 14.4 Å². The minimum atomic E-state index is -0.749. The molecular weight excluding hydrogens is 328 g/mol. The second-order valence-electron chi connectivity index (χ2n) is 7.67. The van der Waals surface area contributed by atoms with E-state index in [1.54, 1.807) is 0 Å². The Morgan fingerprint density at radius 1 is 1.08 bits per heavy atom. The third-order valence-corrected chi connectivity index (χ3v) is 6.11. The number of hydrogen-bond donors (Lipinski definition) is 1. The average molecular weight is 352 g/mol. The largest absolute Gasteiger partial charge is 0.324 e. The molecule has 1 N–H and O–H groups in total. The van der Waals surface area contributed by atoms with Crippen LogP contribution >= 0.6 is 0 Å². The molecule has 1 aliphatic heterocycles. The first-order chi connectivity index (χ1) is 12.5. The van der Waals surface area contributed by atoms with Crippen molar-refractivity contribution in [2.24, 2.45) is 23.7 Å². The summed E-state index contributed by atoms with van der Waals surface area (Å²) in [5.74, 6) is -0.875. The molecule has 5 atom stereocenters. The molecule has 3 amide bonds. The van der Waals surface area contributed by atoms with E-state index in [-0.39, 0.29) is 41.4 Å². The Morgan fingerprint density at radius 2 is 1.62 bits per heavy atom. The summed E-state index contributed by atoms with van der Waals surface area (Å²) in [6, 6.07) is 6.75. The van der Waals surface area contributed by atoms with Gasteiger partial charge in [0.05, 0.1) is 11.8 Å². The normalized spacial score (nSPS) is 30.5. The Balaban J connectivity index is 1.56. The van der Waals surface area contributed by atoms with Crippen LogP contribution in [-0.4, -0.2) is 28.7 Å². The highest BCUT2D eigenvalue weighted by molar-refractivity contribution is 6.10. The first kappa shape index (κ1) is 17.0. The number of hydrogen-bond acceptors (Lipinski definition) is 3. The molecule has 1 aromatic rings. The van der Waals surface area contributed by atoms with Gasteiger partial charge in [0, 0.05) is 5.69 Å². The van der Waals surface area contributed by atoms with Crippen molar-refractivity contribution in [3.63, 3.8) is 0 Å². The molecule has 136 valence electrons. The number of likely N-dealkylation sites (tertiary alicyclic amines) is 1. The number of carbonyl (C=O) groups excluding carboxylic acids is 3. The van der Waals surface area contributed by atoms with Gasteiger partial charge in [-0.05, 0) is 50.2 Å². The van der Waals surface area contributed by atoms with Crippen molar-refractivity contribution >= 4 is 23.4 Å². The van der Waals surface area contributed by atoms with Crippen LogP contribution in [0.4, 0.5) is 5.69 Å². The molecule has 0 aromatic heterocycles. The van der Waals surface area contributed by atoms with Crippen molar-refractivity contribution in [1.29, 1.82) is 0 Å². The molecule has 1 saturated carbocycles. The average Bonchev–Trinajstić information content (AvgIpc) is 2.93. The van der Waals surface area contributed by atoms with Crippen LogP contribution in [0.1, 0.15) is 31.7 Å². The van der Waals surface area contributed by atoms with Crippen molar-refractivity contribution in [2.45, 2.75) is 39.2 Å². The van der Waals surface area contributed by atoms with Crippen molar-refractivity contribution in [1.82, 2.24) is 4.90 Å². The van der Waals surface area contributed by atoms with E-state index >= 15 is 0 Å². The number of rotatable bonds is 4. The van der Waals surface area contributed by atoms with Crippen LogP contribution in [0.15, 0.2) is 36.4 Å². The predicted octanol–water partition coefficient (Wildman–Crippen LogP) is 2.91. The van der Waals surface area contributed by atoms with Gasteiger partial charge in [-0.2, -0.15) is 0 Å². The molecule has 4 aliphatic rings. The van der Waals surface area contributed by atoms with Gasteiger partial charge in [-0.3, -0.25) is 19.3 Å². The molecule has 1 aromatic carbocycles. The smallest absolute Gasteiger partial charge is 0.247 e. The summed E-state index contributed by atoms with van der Waals surface area (Å²) in [5, 5.41) is 2.86. The molecule has 5 rings (SSSR count). The number of nitrogens with one attached hydrogen (secondary N) is 1. The van der Waals surface area contributed by atoms with Gasteiger partial charge >= 0.3 is 0 Å². The number of nitrogens with zero attached hydrogens (tertiary/aromatic N) is 1. The summed E-state index contributed by atoms with van der Waals surface area (Å²) in [6.07, 6.45) is 6.52. The molecule has 2 bridgehead atoms. The van der Waals surface area contributed by atoms with Gasteiger partial charge in [0.25, 0.3) is 0 Å². The molecule has 3 aliphatic carbocycles. The molecule has 0 radical (unpaired) electrons. The van der Waals surface area contributed by atoms with Crippen LogP contribution in [0, 0.1) is 30.6 Å². The highest BCUT2D eigenvalue weighted by Gasteiger charge is 2.58. The number of benzene rings is 1. The highest BCUT2D eigenvalue weighted by Crippen LogP contribution is 2.50. The van der Waals surface area contributed by atoms with Gasteiger partial charge in [0.1, 0.15) is 6.04 Å². The Hall–Kier alpha value is -2.43. The Labute approximate surface area is 153 Å². The standard InChI is InChI=1S/C21H24N2O3/c1-3-16(19(24)22-15-10-4-12(2)5-11-15)23-20(25)17-13-6-7-14(9-8-13)18(17)21(23)26/h4-7,10-11,13-14,16-18H,3,8-9H2,1-2H3,(H,22,24). The fraction of sp³-hybridized carbons (Fsp3) is 0.476. The summed E-state index contributed by atoms with van der Waals surface area (Å²) in [6.45, 7) is 3.82. The van der Waals surface area contributed by atoms with E-state index in [0.29, 0.717) is 12.1 Å². The third kappa shape index (κ3) is 2.57. The van der Waals surface area contributed by atoms with Gasteiger partial charge < -0.3 is 5.32 Å². The van der Waals surface area contributed by atoms with E-state index in [0.717, 1.165) is 18.4 Å². The number of fused-ring (bicyclic) bond motifs is 1. The van der Waals surface area contributed by atoms with Gasteiger partial charge in [0.2, 0.25) is 17.7 Å². The highest BCUT2D eigenvalue weighted by atomic mass is 16.2. The van der Waals surface area contributed by atoms with Crippen LogP contribution in [0.2, 0.25) is 0 Å². The van der Waals surface area contributed by atoms with Gasteiger partial charge in [-0.25, -0.2) is 0 Å². The number of amides is 3. The number of carbonyl (C=O) groups is 3. The number of imide groups is 1. The first-order valence-electron chi connectivity index (χ1n) is 9.44. The summed E-state index contributed by atoms with van der Waals surface area (Å²) in [7, 11) is 0. The monoisotopic (exact) mass is 352 g/mol. The Morgan fingerprint density at radius 3 is 2.08 bits per heavy atom. The third-order valence-electron chi connectivity index (χ3n) is 6.11. The van der Waals surface area contributed by atoms with E-state index in [1.807, 2.05) is 38.1 Å². The Kier molecular flexibility index (Phi) is 4.17. The molecule has 5 heteroatoms. The lowest BCUT2D eigenvalue weighted by atomic mass is 9.63. The predicted molar refractivity (Wildman–Crippen MR) is 98.1 cm³/mol. The second kappa shape index (κ2) is 6.38. The number of anilines is 1. The quantitative estimate of drug-likeness (QED) is 0.669. The zero-order valence-corrected chi connectivity index (χ0v) is 15.1. The summed E-state index contributed by atoms with van der Waals surface area (Å²) < 4.78 is 0. The molecule has 26 heavy (non-hydrogen) atoms. The van der Waals surface area contributed by atoms with Crippen molar-refractivity contribution < 1.29 is 14.4 Å². The molecule has 1 saturated heterocycles. The minimum absolute atomic E-state index is 0.143. The SMILES string of the molecule is CCC(C(=O)Nc1ccc(C)cc1)N1C(=O)C2C3C=CC(CC3)C2C1=O.